The average Bonchev–Trinajstić information content (AvgIpc) is 2.96. The smallest absolute Gasteiger partial charge is 0.285 e. The third kappa shape index (κ3) is 4.07. The van der Waals surface area contributed by atoms with E-state index in [1.165, 1.54) is 57.7 Å². The Morgan fingerprint density at radius 2 is 1.89 bits per heavy atom. The third-order valence-corrected chi connectivity index (χ3v) is 5.03. The number of halogens is 5. The Morgan fingerprint density at radius 1 is 1.26 bits per heavy atom. The Kier molecular flexibility index (Phi) is 5.42. The van der Waals surface area contributed by atoms with Crippen LogP contribution in [-0.2, 0) is 8.72 Å². The Morgan fingerprint density at radius 3 is 2.41 bits per heavy atom. The summed E-state index contributed by atoms with van der Waals surface area (Å²) in [6.45, 7) is 0. The van der Waals surface area contributed by atoms with Crippen molar-refractivity contribution in [1.82, 2.24) is 9.78 Å². The van der Waals surface area contributed by atoms with Crippen LogP contribution in [0.15, 0.2) is 42.6 Å². The molecule has 0 saturated carbocycles. The molecule has 3 rings (SSSR count). The molecule has 0 aliphatic rings. The molecule has 0 aliphatic carbocycles. The molecule has 0 aliphatic heterocycles. The summed E-state index contributed by atoms with van der Waals surface area (Å²) in [5.74, 6) is -0.828. The van der Waals surface area contributed by atoms with Crippen LogP contribution >= 0.6 is 45.2 Å². The summed E-state index contributed by atoms with van der Waals surface area (Å²) in [5, 5.41) is 15.3. The van der Waals surface area contributed by atoms with Gasteiger partial charge in [-0.1, -0.05) is 24.3 Å². The maximum Gasteiger partial charge on any atom is 0.321 e. The normalized spacial score (nSPS) is 12.9. The Balaban J connectivity index is 2.12. The van der Waals surface area contributed by atoms with Gasteiger partial charge in [-0.2, -0.15) is 13.9 Å². The average molecular weight is 601 g/mol. The van der Waals surface area contributed by atoms with Gasteiger partial charge in [-0.15, -0.1) is 0 Å². The topological polar surface area (TPSA) is 78.0 Å². The SMILES string of the molecule is O=C(I)C(c1ccc(C(F)(F)I)cc1)n1cc2c([N+](=O)[O-])cc(F)cc2n1. The van der Waals surface area contributed by atoms with Crippen molar-refractivity contribution in [3.8, 4) is 0 Å². The number of benzene rings is 2. The van der Waals surface area contributed by atoms with Gasteiger partial charge in [-0.05, 0) is 5.56 Å². The van der Waals surface area contributed by atoms with Crippen molar-refractivity contribution in [1.29, 1.82) is 0 Å². The first-order valence-electron chi connectivity index (χ1n) is 7.27. The predicted molar refractivity (Wildman–Crippen MR) is 108 cm³/mol. The van der Waals surface area contributed by atoms with Crippen molar-refractivity contribution in [3.05, 3.63) is 69.7 Å². The first-order valence-corrected chi connectivity index (χ1v) is 9.43. The second-order valence-corrected chi connectivity index (χ2v) is 7.97. The second kappa shape index (κ2) is 7.33. The van der Waals surface area contributed by atoms with E-state index in [4.69, 9.17) is 0 Å². The molecule has 3 aromatic rings. The Bertz CT molecular complexity index is 1050. The lowest BCUT2D eigenvalue weighted by atomic mass is 10.1. The molecule has 0 radical (unpaired) electrons. The molecular formula is C16H8F3I2N3O3. The molecule has 0 bridgehead atoms. The van der Waals surface area contributed by atoms with E-state index in [1.807, 2.05) is 0 Å². The van der Waals surface area contributed by atoms with Crippen molar-refractivity contribution < 1.29 is 22.9 Å². The number of aromatic nitrogens is 2. The molecular weight excluding hydrogens is 593 g/mol. The fourth-order valence-corrected chi connectivity index (χ4v) is 3.62. The zero-order valence-corrected chi connectivity index (χ0v) is 17.4. The largest absolute Gasteiger partial charge is 0.321 e. The number of nitrogens with zero attached hydrogens (tertiary/aromatic N) is 3. The van der Waals surface area contributed by atoms with Crippen molar-refractivity contribution in [2.45, 2.75) is 9.97 Å². The molecule has 140 valence electrons. The molecule has 11 heteroatoms. The van der Waals surface area contributed by atoms with Crippen LogP contribution < -0.4 is 0 Å². The van der Waals surface area contributed by atoms with Crippen LogP contribution in [0, 0.1) is 15.9 Å². The van der Waals surface area contributed by atoms with Gasteiger partial charge < -0.3 is 0 Å². The highest BCUT2D eigenvalue weighted by Gasteiger charge is 2.29. The highest BCUT2D eigenvalue weighted by molar-refractivity contribution is 14.1. The van der Waals surface area contributed by atoms with Crippen molar-refractivity contribution in [3.63, 3.8) is 0 Å². The number of carbonyl (C=O) groups is 1. The van der Waals surface area contributed by atoms with Gasteiger partial charge in [0.05, 0.1) is 16.4 Å². The number of rotatable bonds is 5. The zero-order chi connectivity index (χ0) is 19.9. The molecule has 1 heterocycles. The van der Waals surface area contributed by atoms with Gasteiger partial charge in [0.2, 0.25) is 3.79 Å². The highest BCUT2D eigenvalue weighted by Crippen LogP contribution is 2.36. The minimum atomic E-state index is -3.06. The highest BCUT2D eigenvalue weighted by atomic mass is 127. The van der Waals surface area contributed by atoms with Crippen molar-refractivity contribution in [2.75, 3.05) is 0 Å². The number of hydrogen-bond donors (Lipinski definition) is 0. The summed E-state index contributed by atoms with van der Waals surface area (Å²) in [6, 6.07) is 5.91. The lowest BCUT2D eigenvalue weighted by molar-refractivity contribution is -0.383. The number of non-ortho nitro benzene ring substituents is 1. The van der Waals surface area contributed by atoms with E-state index in [1.54, 1.807) is 0 Å². The van der Waals surface area contributed by atoms with Crippen LogP contribution in [0.5, 0.6) is 0 Å². The first kappa shape index (κ1) is 20.0. The molecule has 6 nitrogen and oxygen atoms in total. The van der Waals surface area contributed by atoms with Crippen molar-refractivity contribution in [2.24, 2.45) is 0 Å². The maximum atomic E-state index is 13.6. The summed E-state index contributed by atoms with van der Waals surface area (Å²) >= 11 is 2.53. The van der Waals surface area contributed by atoms with Gasteiger partial charge in [0, 0.05) is 63.0 Å². The summed E-state index contributed by atoms with van der Waals surface area (Å²) in [5.41, 5.74) is -0.319. The van der Waals surface area contributed by atoms with E-state index in [2.05, 4.69) is 5.10 Å². The van der Waals surface area contributed by atoms with Crippen LogP contribution in [0.3, 0.4) is 0 Å². The minimum Gasteiger partial charge on any atom is -0.285 e. The molecule has 1 unspecified atom stereocenters. The van der Waals surface area contributed by atoms with E-state index in [-0.39, 0.29) is 16.5 Å². The Hall–Kier alpha value is -1.77. The number of carbonyl (C=O) groups excluding carboxylic acids is 1. The van der Waals surface area contributed by atoms with Crippen LogP contribution in [0.2, 0.25) is 0 Å². The van der Waals surface area contributed by atoms with Gasteiger partial charge in [0.15, 0.2) is 0 Å². The second-order valence-electron chi connectivity index (χ2n) is 5.55. The van der Waals surface area contributed by atoms with Crippen LogP contribution in [0.1, 0.15) is 17.2 Å². The Labute approximate surface area is 177 Å². The number of nitro benzene ring substituents is 1. The quantitative estimate of drug-likeness (QED) is 0.134. The van der Waals surface area contributed by atoms with E-state index >= 15 is 0 Å². The maximum absolute atomic E-state index is 13.6. The first-order chi connectivity index (χ1) is 12.6. The summed E-state index contributed by atoms with van der Waals surface area (Å²) in [6.07, 6.45) is 1.27. The number of hydrogen-bond acceptors (Lipinski definition) is 4. The van der Waals surface area contributed by atoms with Gasteiger partial charge in [-0.3, -0.25) is 19.6 Å². The van der Waals surface area contributed by atoms with E-state index in [0.717, 1.165) is 34.7 Å². The van der Waals surface area contributed by atoms with Crippen LogP contribution in [0.25, 0.3) is 10.9 Å². The fourth-order valence-electron chi connectivity index (χ4n) is 2.62. The van der Waals surface area contributed by atoms with Gasteiger partial charge in [0.25, 0.3) is 5.69 Å². The van der Waals surface area contributed by atoms with E-state index < -0.39 is 30.2 Å². The van der Waals surface area contributed by atoms with E-state index in [0.29, 0.717) is 5.56 Å². The number of alkyl halides is 3. The zero-order valence-electron chi connectivity index (χ0n) is 13.1. The molecule has 0 spiro atoms. The summed E-state index contributed by atoms with van der Waals surface area (Å²) in [4.78, 5) is 22.6. The minimum absolute atomic E-state index is 0.0137. The van der Waals surface area contributed by atoms with Gasteiger partial charge >= 0.3 is 3.93 Å². The standard InChI is InChI=1S/C16H8F3I2N3O3/c17-10-5-12-11(13(6-10)24(26)27)7-23(22-12)14(15(20)25)8-1-3-9(4-2-8)16(18,19)21/h1-7,14H. The molecule has 27 heavy (non-hydrogen) atoms. The fraction of sp³-hybridized carbons (Fsp3) is 0.125. The van der Waals surface area contributed by atoms with E-state index in [9.17, 15) is 28.1 Å². The van der Waals surface area contributed by atoms with Crippen molar-refractivity contribution >= 4 is 65.6 Å². The van der Waals surface area contributed by atoms with Crippen LogP contribution in [0.4, 0.5) is 18.9 Å². The molecule has 0 saturated heterocycles. The molecule has 0 N–H and O–H groups in total. The predicted octanol–water partition coefficient (Wildman–Crippen LogP) is 5.12. The number of fused-ring (bicyclic) bond motifs is 1. The lowest BCUT2D eigenvalue weighted by Crippen LogP contribution is -2.17. The monoisotopic (exact) mass is 601 g/mol. The third-order valence-electron chi connectivity index (χ3n) is 3.82. The van der Waals surface area contributed by atoms with Gasteiger partial charge in [0.1, 0.15) is 17.4 Å². The number of nitro groups is 1. The molecule has 1 atom stereocenters. The molecule has 2 aromatic carbocycles. The molecule has 0 fully saturated rings. The van der Waals surface area contributed by atoms with Gasteiger partial charge in [-0.25, -0.2) is 4.39 Å². The summed E-state index contributed by atoms with van der Waals surface area (Å²) in [7, 11) is 0. The molecule has 1 aromatic heterocycles. The molecule has 0 amide bonds. The van der Waals surface area contributed by atoms with Crippen LogP contribution in [-0.4, -0.2) is 18.5 Å². The lowest BCUT2D eigenvalue weighted by Gasteiger charge is -2.15. The summed E-state index contributed by atoms with van der Waals surface area (Å²) < 4.78 is 38.1.